The fraction of sp³-hybridized carbons (Fsp3) is 0.821. The third-order valence-electron chi connectivity index (χ3n) is 10.6. The van der Waals surface area contributed by atoms with Gasteiger partial charge in [-0.15, -0.1) is 0 Å². The summed E-state index contributed by atoms with van der Waals surface area (Å²) in [6.45, 7) is 13.1. The highest BCUT2D eigenvalue weighted by molar-refractivity contribution is 5.91. The van der Waals surface area contributed by atoms with Crippen molar-refractivity contribution in [2.45, 2.75) is 98.0 Å². The number of carbonyl (C=O) groups excluding carboxylic acids is 1. The second-order valence-electron chi connectivity index (χ2n) is 12.1. The van der Waals surface area contributed by atoms with Crippen LogP contribution < -0.4 is 0 Å². The van der Waals surface area contributed by atoms with Crippen LogP contribution in [0.25, 0.3) is 0 Å². The Morgan fingerprint density at radius 2 is 1.90 bits per heavy atom. The molecule has 0 radical (unpaired) electrons. The second-order valence-corrected chi connectivity index (χ2v) is 12.1. The molecular weight excluding hydrogens is 384 g/mol. The maximum absolute atomic E-state index is 12.1. The van der Waals surface area contributed by atoms with Gasteiger partial charge in [-0.2, -0.15) is 0 Å². The van der Waals surface area contributed by atoms with Gasteiger partial charge in [-0.3, -0.25) is 4.79 Å². The van der Waals surface area contributed by atoms with E-state index in [4.69, 9.17) is 0 Å². The Morgan fingerprint density at radius 3 is 2.61 bits per heavy atom. The van der Waals surface area contributed by atoms with Crippen LogP contribution in [-0.2, 0) is 4.79 Å². The third-order valence-corrected chi connectivity index (χ3v) is 10.6. The van der Waals surface area contributed by atoms with Gasteiger partial charge in [-0.25, -0.2) is 0 Å². The molecule has 0 saturated heterocycles. The lowest BCUT2D eigenvalue weighted by Gasteiger charge is -2.60. The SMILES string of the molecule is C=C(O)[C@H](C)CCC[C@H](C)C1CC[C@H]2C3[C@H](O)CC4=CC(=O)CC[C@]4(C)[C@H]3CC[C@]12C. The highest BCUT2D eigenvalue weighted by Crippen LogP contribution is 2.67. The van der Waals surface area contributed by atoms with Crippen LogP contribution >= 0.6 is 0 Å². The molecule has 3 nitrogen and oxygen atoms in total. The molecule has 3 saturated carbocycles. The van der Waals surface area contributed by atoms with Gasteiger partial charge < -0.3 is 10.2 Å². The number of aliphatic hydroxyl groups excluding tert-OH is 2. The summed E-state index contributed by atoms with van der Waals surface area (Å²) in [6.07, 6.45) is 12.3. The van der Waals surface area contributed by atoms with Crippen molar-refractivity contribution in [3.8, 4) is 0 Å². The predicted octanol–water partition coefficient (Wildman–Crippen LogP) is 6.62. The van der Waals surface area contributed by atoms with Crippen LogP contribution in [0.1, 0.15) is 91.9 Å². The van der Waals surface area contributed by atoms with Crippen LogP contribution in [-0.4, -0.2) is 22.1 Å². The summed E-state index contributed by atoms with van der Waals surface area (Å²) in [6, 6.07) is 0. The van der Waals surface area contributed by atoms with Crippen LogP contribution in [0.3, 0.4) is 0 Å². The van der Waals surface area contributed by atoms with E-state index in [0.717, 1.165) is 25.2 Å². The van der Waals surface area contributed by atoms with Gasteiger partial charge in [-0.1, -0.05) is 52.7 Å². The minimum absolute atomic E-state index is 0.117. The maximum atomic E-state index is 12.1. The first kappa shape index (κ1) is 23.1. The normalized spacial score (nSPS) is 44.0. The molecule has 31 heavy (non-hydrogen) atoms. The van der Waals surface area contributed by atoms with E-state index in [1.807, 2.05) is 6.08 Å². The Morgan fingerprint density at radius 1 is 1.16 bits per heavy atom. The largest absolute Gasteiger partial charge is 0.513 e. The average Bonchev–Trinajstić information content (AvgIpc) is 3.06. The van der Waals surface area contributed by atoms with Gasteiger partial charge in [0.15, 0.2) is 5.78 Å². The van der Waals surface area contributed by atoms with Gasteiger partial charge in [0.1, 0.15) is 0 Å². The monoisotopic (exact) mass is 428 g/mol. The molecule has 9 atom stereocenters. The van der Waals surface area contributed by atoms with Crippen molar-refractivity contribution in [3.05, 3.63) is 24.0 Å². The first-order chi connectivity index (χ1) is 14.6. The fourth-order valence-corrected chi connectivity index (χ4v) is 8.62. The lowest BCUT2D eigenvalue weighted by atomic mass is 9.45. The zero-order valence-corrected chi connectivity index (χ0v) is 20.2. The van der Waals surface area contributed by atoms with Crippen LogP contribution in [0, 0.1) is 46.3 Å². The number of rotatable bonds is 6. The number of ketones is 1. The number of hydrogen-bond donors (Lipinski definition) is 2. The number of carbonyl (C=O) groups is 1. The van der Waals surface area contributed by atoms with E-state index in [2.05, 4.69) is 34.3 Å². The maximum Gasteiger partial charge on any atom is 0.155 e. The van der Waals surface area contributed by atoms with E-state index in [1.165, 1.54) is 37.7 Å². The molecule has 4 rings (SSSR count). The summed E-state index contributed by atoms with van der Waals surface area (Å²) >= 11 is 0. The summed E-state index contributed by atoms with van der Waals surface area (Å²) in [7, 11) is 0. The van der Waals surface area contributed by atoms with Crippen molar-refractivity contribution in [3.63, 3.8) is 0 Å². The summed E-state index contributed by atoms with van der Waals surface area (Å²) in [5, 5.41) is 20.9. The zero-order chi connectivity index (χ0) is 22.6. The van der Waals surface area contributed by atoms with Crippen molar-refractivity contribution in [2.24, 2.45) is 46.3 Å². The summed E-state index contributed by atoms with van der Waals surface area (Å²) in [5.74, 6) is 3.71. The molecule has 4 aliphatic rings. The van der Waals surface area contributed by atoms with Gasteiger partial charge in [0.05, 0.1) is 11.9 Å². The second kappa shape index (κ2) is 8.36. The van der Waals surface area contributed by atoms with Crippen molar-refractivity contribution in [2.75, 3.05) is 0 Å². The Labute approximate surface area is 189 Å². The van der Waals surface area contributed by atoms with Gasteiger partial charge in [0, 0.05) is 12.3 Å². The first-order valence-electron chi connectivity index (χ1n) is 12.9. The molecule has 3 heteroatoms. The summed E-state index contributed by atoms with van der Waals surface area (Å²) in [4.78, 5) is 12.1. The molecule has 2 N–H and O–H groups in total. The molecule has 0 bridgehead atoms. The first-order valence-corrected chi connectivity index (χ1v) is 12.9. The molecule has 0 aliphatic heterocycles. The van der Waals surface area contributed by atoms with Gasteiger partial charge >= 0.3 is 0 Å². The molecular formula is C28H44O3. The van der Waals surface area contributed by atoms with E-state index in [9.17, 15) is 15.0 Å². The molecule has 0 aromatic carbocycles. The highest BCUT2D eigenvalue weighted by Gasteiger charge is 2.61. The molecule has 174 valence electrons. The standard InChI is InChI=1S/C28H44O3/c1-17(19(3)29)7-6-8-18(2)22-9-10-23-26-24(12-14-28(22,23)5)27(4)13-11-21(30)15-20(27)16-25(26)31/h15,17-18,22-26,29,31H,3,6-14,16H2,1-2,4-5H3/t17-,18+,22?,23+,24+,25-,26?,27+,28-/m1/s1. The lowest BCUT2D eigenvalue weighted by molar-refractivity contribution is -0.124. The Kier molecular flexibility index (Phi) is 6.22. The van der Waals surface area contributed by atoms with Crippen LogP contribution in [0.15, 0.2) is 24.0 Å². The molecule has 4 aliphatic carbocycles. The van der Waals surface area contributed by atoms with E-state index >= 15 is 0 Å². The molecule has 3 fully saturated rings. The molecule has 0 heterocycles. The number of fused-ring (bicyclic) bond motifs is 5. The van der Waals surface area contributed by atoms with Crippen LogP contribution in [0.4, 0.5) is 0 Å². The predicted molar refractivity (Wildman–Crippen MR) is 126 cm³/mol. The van der Waals surface area contributed by atoms with Gasteiger partial charge in [-0.05, 0) is 91.4 Å². The summed E-state index contributed by atoms with van der Waals surface area (Å²) in [5.41, 5.74) is 1.69. The Bertz CT molecular complexity index is 753. The van der Waals surface area contributed by atoms with Gasteiger partial charge in [0.2, 0.25) is 0 Å². The minimum Gasteiger partial charge on any atom is -0.513 e. The molecule has 0 amide bonds. The number of allylic oxidation sites excluding steroid dienone is 1. The Hall–Kier alpha value is -1.09. The lowest BCUT2D eigenvalue weighted by Crippen LogP contribution is -2.55. The minimum atomic E-state index is -0.287. The summed E-state index contributed by atoms with van der Waals surface area (Å²) < 4.78 is 0. The topological polar surface area (TPSA) is 57.5 Å². The van der Waals surface area contributed by atoms with Crippen LogP contribution in [0.2, 0.25) is 0 Å². The fourth-order valence-electron chi connectivity index (χ4n) is 8.62. The van der Waals surface area contributed by atoms with Crippen molar-refractivity contribution >= 4 is 5.78 Å². The van der Waals surface area contributed by atoms with Crippen molar-refractivity contribution in [1.29, 1.82) is 0 Å². The molecule has 0 aromatic heterocycles. The van der Waals surface area contributed by atoms with E-state index in [0.29, 0.717) is 47.7 Å². The van der Waals surface area contributed by atoms with E-state index in [-0.39, 0.29) is 23.2 Å². The van der Waals surface area contributed by atoms with Crippen LogP contribution in [0.5, 0.6) is 0 Å². The quantitative estimate of drug-likeness (QED) is 0.467. The zero-order valence-electron chi connectivity index (χ0n) is 20.2. The highest BCUT2D eigenvalue weighted by atomic mass is 16.3. The smallest absolute Gasteiger partial charge is 0.155 e. The third kappa shape index (κ3) is 3.83. The van der Waals surface area contributed by atoms with Gasteiger partial charge in [0.25, 0.3) is 0 Å². The van der Waals surface area contributed by atoms with E-state index in [1.54, 1.807) is 0 Å². The molecule has 0 spiro atoms. The average molecular weight is 429 g/mol. The molecule has 2 unspecified atom stereocenters. The van der Waals surface area contributed by atoms with E-state index < -0.39 is 0 Å². The van der Waals surface area contributed by atoms with Crippen molar-refractivity contribution < 1.29 is 15.0 Å². The number of aliphatic hydroxyl groups is 2. The number of hydrogen-bond acceptors (Lipinski definition) is 3. The Balaban J connectivity index is 1.49. The molecule has 0 aromatic rings. The van der Waals surface area contributed by atoms with Crippen molar-refractivity contribution in [1.82, 2.24) is 0 Å².